The molecule has 1 aliphatic carbocycles. The largest absolute Gasteiger partial charge is 0.327 e. The van der Waals surface area contributed by atoms with Crippen molar-refractivity contribution in [3.63, 3.8) is 0 Å². The molecule has 0 amide bonds. The Bertz CT molecular complexity index is 329. The molecule has 2 rings (SSSR count). The maximum Gasteiger partial charge on any atom is 0.0446 e. The molecule has 0 radical (unpaired) electrons. The van der Waals surface area contributed by atoms with Crippen molar-refractivity contribution in [2.45, 2.75) is 36.3 Å². The van der Waals surface area contributed by atoms with E-state index in [9.17, 15) is 0 Å². The van der Waals surface area contributed by atoms with Gasteiger partial charge in [0.1, 0.15) is 0 Å². The fourth-order valence-corrected chi connectivity index (χ4v) is 3.62. The van der Waals surface area contributed by atoms with Crippen LogP contribution in [0.2, 0.25) is 5.02 Å². The Kier molecular flexibility index (Phi) is 3.95. The van der Waals surface area contributed by atoms with Crippen LogP contribution in [0.4, 0.5) is 0 Å². The van der Waals surface area contributed by atoms with Gasteiger partial charge in [0.25, 0.3) is 0 Å². The summed E-state index contributed by atoms with van der Waals surface area (Å²) in [6.07, 6.45) is 3.72. The van der Waals surface area contributed by atoms with Crippen LogP contribution in [0, 0.1) is 0 Å². The topological polar surface area (TPSA) is 26.0 Å². The molecule has 1 nitrogen and oxygen atoms in total. The van der Waals surface area contributed by atoms with Gasteiger partial charge in [-0.1, -0.05) is 36.2 Å². The number of benzene rings is 1. The molecule has 1 aromatic carbocycles. The summed E-state index contributed by atoms with van der Waals surface area (Å²) >= 11 is 8.05. The fraction of sp³-hybridized carbons (Fsp3) is 0.500. The highest BCUT2D eigenvalue weighted by Crippen LogP contribution is 2.32. The van der Waals surface area contributed by atoms with Gasteiger partial charge < -0.3 is 5.73 Å². The van der Waals surface area contributed by atoms with Gasteiger partial charge in [-0.25, -0.2) is 0 Å². The monoisotopic (exact) mass is 241 g/mol. The van der Waals surface area contributed by atoms with Gasteiger partial charge in [-0.3, -0.25) is 0 Å². The lowest BCUT2D eigenvalue weighted by Crippen LogP contribution is -2.26. The molecule has 2 atom stereocenters. The zero-order valence-electron chi connectivity index (χ0n) is 8.66. The van der Waals surface area contributed by atoms with Crippen LogP contribution in [-0.2, 0) is 5.75 Å². The standard InChI is InChI=1S/C12H16ClNS/c13-10-5-2-1-4-9(10)8-15-12-7-3-6-11(12)14/h1-2,4-5,11-12H,3,6-8,14H2. The molecule has 1 saturated carbocycles. The third kappa shape index (κ3) is 2.90. The zero-order valence-corrected chi connectivity index (χ0v) is 10.2. The Hall–Kier alpha value is -0.180. The Morgan fingerprint density at radius 1 is 1.33 bits per heavy atom. The third-order valence-electron chi connectivity index (χ3n) is 2.91. The van der Waals surface area contributed by atoms with Crippen LogP contribution in [0.15, 0.2) is 24.3 Å². The summed E-state index contributed by atoms with van der Waals surface area (Å²) in [4.78, 5) is 0. The number of halogens is 1. The first-order valence-corrected chi connectivity index (χ1v) is 6.80. The molecule has 3 heteroatoms. The van der Waals surface area contributed by atoms with Crippen LogP contribution in [0.25, 0.3) is 0 Å². The van der Waals surface area contributed by atoms with Crippen LogP contribution in [0.5, 0.6) is 0 Å². The van der Waals surface area contributed by atoms with Crippen LogP contribution in [-0.4, -0.2) is 11.3 Å². The maximum atomic E-state index is 6.10. The first-order chi connectivity index (χ1) is 7.27. The van der Waals surface area contributed by atoms with Gasteiger partial charge in [0, 0.05) is 22.1 Å². The predicted molar refractivity (Wildman–Crippen MR) is 68.4 cm³/mol. The first kappa shape index (κ1) is 11.3. The Labute approximate surface area is 100 Å². The smallest absolute Gasteiger partial charge is 0.0446 e. The molecule has 0 aromatic heterocycles. The Morgan fingerprint density at radius 3 is 2.80 bits per heavy atom. The molecule has 1 fully saturated rings. The lowest BCUT2D eigenvalue weighted by Gasteiger charge is -2.14. The molecule has 2 N–H and O–H groups in total. The van der Waals surface area contributed by atoms with Crippen molar-refractivity contribution in [1.29, 1.82) is 0 Å². The summed E-state index contributed by atoms with van der Waals surface area (Å²) in [6, 6.07) is 8.44. The zero-order chi connectivity index (χ0) is 10.7. The van der Waals surface area contributed by atoms with Gasteiger partial charge in [-0.2, -0.15) is 11.8 Å². The SMILES string of the molecule is NC1CCCC1SCc1ccccc1Cl. The van der Waals surface area contributed by atoms with Gasteiger partial charge in [0.2, 0.25) is 0 Å². The van der Waals surface area contributed by atoms with E-state index in [0.29, 0.717) is 11.3 Å². The normalized spacial score (nSPS) is 25.7. The van der Waals surface area contributed by atoms with Gasteiger partial charge in [0.15, 0.2) is 0 Å². The van der Waals surface area contributed by atoms with E-state index in [4.69, 9.17) is 17.3 Å². The third-order valence-corrected chi connectivity index (χ3v) is 4.77. The minimum atomic E-state index is 0.387. The number of thioether (sulfide) groups is 1. The van der Waals surface area contributed by atoms with Crippen molar-refractivity contribution in [3.8, 4) is 0 Å². The Morgan fingerprint density at radius 2 is 2.13 bits per heavy atom. The van der Waals surface area contributed by atoms with Crippen LogP contribution < -0.4 is 5.73 Å². The van der Waals surface area contributed by atoms with Crippen molar-refractivity contribution in [3.05, 3.63) is 34.9 Å². The van der Waals surface area contributed by atoms with E-state index < -0.39 is 0 Å². The molecule has 1 aromatic rings. The Balaban J connectivity index is 1.90. The fourth-order valence-electron chi connectivity index (χ4n) is 1.97. The van der Waals surface area contributed by atoms with Crippen molar-refractivity contribution in [1.82, 2.24) is 0 Å². The molecule has 2 unspecified atom stereocenters. The molecule has 0 aliphatic heterocycles. The van der Waals surface area contributed by atoms with Crippen molar-refractivity contribution < 1.29 is 0 Å². The highest BCUT2D eigenvalue weighted by Gasteiger charge is 2.24. The second kappa shape index (κ2) is 5.24. The summed E-state index contributed by atoms with van der Waals surface area (Å²) in [5.41, 5.74) is 7.25. The number of rotatable bonds is 3. The summed E-state index contributed by atoms with van der Waals surface area (Å²) in [6.45, 7) is 0. The van der Waals surface area contributed by atoms with E-state index in [-0.39, 0.29) is 0 Å². The van der Waals surface area contributed by atoms with Gasteiger partial charge in [0.05, 0.1) is 0 Å². The summed E-state index contributed by atoms with van der Waals surface area (Å²) in [5.74, 6) is 0.984. The van der Waals surface area contributed by atoms with Crippen molar-refractivity contribution in [2.24, 2.45) is 5.73 Å². The van der Waals surface area contributed by atoms with E-state index in [1.165, 1.54) is 24.8 Å². The second-order valence-electron chi connectivity index (χ2n) is 4.04. The van der Waals surface area contributed by atoms with E-state index >= 15 is 0 Å². The van der Waals surface area contributed by atoms with Crippen LogP contribution >= 0.6 is 23.4 Å². The molecule has 0 spiro atoms. The lowest BCUT2D eigenvalue weighted by atomic mass is 10.2. The van der Waals surface area contributed by atoms with Crippen molar-refractivity contribution in [2.75, 3.05) is 0 Å². The second-order valence-corrected chi connectivity index (χ2v) is 5.67. The first-order valence-electron chi connectivity index (χ1n) is 5.38. The minimum absolute atomic E-state index is 0.387. The molecule has 0 heterocycles. The van der Waals surface area contributed by atoms with Crippen LogP contribution in [0.1, 0.15) is 24.8 Å². The highest BCUT2D eigenvalue weighted by atomic mass is 35.5. The minimum Gasteiger partial charge on any atom is -0.327 e. The van der Waals surface area contributed by atoms with Crippen molar-refractivity contribution >= 4 is 23.4 Å². The van der Waals surface area contributed by atoms with E-state index in [0.717, 1.165) is 10.8 Å². The average molecular weight is 242 g/mol. The molecule has 0 saturated heterocycles. The number of nitrogens with two attached hydrogens (primary N) is 1. The number of hydrogen-bond acceptors (Lipinski definition) is 2. The molecule has 82 valence electrons. The van der Waals surface area contributed by atoms with E-state index in [2.05, 4.69) is 6.07 Å². The van der Waals surface area contributed by atoms with Gasteiger partial charge in [-0.15, -0.1) is 0 Å². The quantitative estimate of drug-likeness (QED) is 0.877. The number of hydrogen-bond donors (Lipinski definition) is 1. The van der Waals surface area contributed by atoms with Gasteiger partial charge in [-0.05, 0) is 24.5 Å². The molecular formula is C12H16ClNS. The predicted octanol–water partition coefficient (Wildman–Crippen LogP) is 3.45. The average Bonchev–Trinajstić information content (AvgIpc) is 2.63. The summed E-state index contributed by atoms with van der Waals surface area (Å²) in [5, 5.41) is 1.50. The maximum absolute atomic E-state index is 6.10. The molecule has 1 aliphatic rings. The van der Waals surface area contributed by atoms with E-state index in [1.54, 1.807) is 0 Å². The summed E-state index contributed by atoms with van der Waals surface area (Å²) < 4.78 is 0. The van der Waals surface area contributed by atoms with E-state index in [1.807, 2.05) is 30.0 Å². The molecular weight excluding hydrogens is 226 g/mol. The molecule has 15 heavy (non-hydrogen) atoms. The molecule has 0 bridgehead atoms. The van der Waals surface area contributed by atoms with Gasteiger partial charge >= 0.3 is 0 Å². The lowest BCUT2D eigenvalue weighted by molar-refractivity contribution is 0.716. The summed E-state index contributed by atoms with van der Waals surface area (Å²) in [7, 11) is 0. The van der Waals surface area contributed by atoms with Crippen LogP contribution in [0.3, 0.4) is 0 Å². The highest BCUT2D eigenvalue weighted by molar-refractivity contribution is 7.99.